The fourth-order valence-corrected chi connectivity index (χ4v) is 12.9. The number of hydrogen-bond donors (Lipinski definition) is 0. The molecule has 56 heavy (non-hydrogen) atoms. The molecule has 0 aliphatic heterocycles. The van der Waals surface area contributed by atoms with E-state index < -0.39 is 0 Å². The predicted octanol–water partition coefficient (Wildman–Crippen LogP) is 15.0. The van der Waals surface area contributed by atoms with Crippen LogP contribution in [0.4, 0.5) is 0 Å². The second-order valence-electron chi connectivity index (χ2n) is 17.6. The monoisotopic (exact) mass is 718 g/mol. The molecule has 4 bridgehead atoms. The second kappa shape index (κ2) is 11.6. The highest BCUT2D eigenvalue weighted by atomic mass is 16.3. The zero-order valence-corrected chi connectivity index (χ0v) is 31.5. The molecule has 0 saturated heterocycles. The van der Waals surface area contributed by atoms with Crippen molar-refractivity contribution < 1.29 is 4.42 Å². The summed E-state index contributed by atoms with van der Waals surface area (Å²) in [4.78, 5) is 0. The van der Waals surface area contributed by atoms with Gasteiger partial charge in [0.15, 0.2) is 0 Å². The van der Waals surface area contributed by atoms with Crippen molar-refractivity contribution in [2.75, 3.05) is 0 Å². The lowest BCUT2D eigenvalue weighted by Crippen LogP contribution is -2.48. The first kappa shape index (κ1) is 31.3. The number of rotatable bonds is 3. The van der Waals surface area contributed by atoms with Gasteiger partial charge in [0.2, 0.25) is 0 Å². The Morgan fingerprint density at radius 2 is 1.07 bits per heavy atom. The Kier molecular flexibility index (Phi) is 6.46. The number of benzene rings is 8. The summed E-state index contributed by atoms with van der Waals surface area (Å²) in [6.45, 7) is 0. The molecule has 5 aliphatic rings. The van der Waals surface area contributed by atoms with Crippen LogP contribution in [0, 0.1) is 23.7 Å². The molecule has 1 aromatic heterocycles. The smallest absolute Gasteiger partial charge is 0.143 e. The summed E-state index contributed by atoms with van der Waals surface area (Å²) in [7, 11) is 0. The summed E-state index contributed by atoms with van der Waals surface area (Å²) >= 11 is 0. The predicted molar refractivity (Wildman–Crippen MR) is 233 cm³/mol. The summed E-state index contributed by atoms with van der Waals surface area (Å²) in [5.74, 6) is 3.12. The van der Waals surface area contributed by atoms with E-state index in [0.717, 1.165) is 23.0 Å². The molecule has 1 heteroatoms. The number of hydrogen-bond acceptors (Lipinski definition) is 1. The molecule has 9 aromatic rings. The van der Waals surface area contributed by atoms with Gasteiger partial charge >= 0.3 is 0 Å². The molecule has 14 rings (SSSR count). The van der Waals surface area contributed by atoms with E-state index in [-0.39, 0.29) is 5.41 Å². The van der Waals surface area contributed by atoms with Crippen molar-refractivity contribution in [2.24, 2.45) is 23.7 Å². The molecule has 4 saturated carbocycles. The quantitative estimate of drug-likeness (QED) is 0.166. The van der Waals surface area contributed by atoms with Gasteiger partial charge in [0.1, 0.15) is 11.2 Å². The molecule has 4 fully saturated rings. The zero-order chi connectivity index (χ0) is 36.5. The van der Waals surface area contributed by atoms with E-state index in [0.29, 0.717) is 11.8 Å². The third-order valence-electron chi connectivity index (χ3n) is 14.9. The molecule has 5 aliphatic carbocycles. The lowest BCUT2D eigenvalue weighted by atomic mass is 9.50. The van der Waals surface area contributed by atoms with Crippen LogP contribution in [0.5, 0.6) is 0 Å². The first-order valence-electron chi connectivity index (χ1n) is 20.9. The number of furan rings is 1. The molecular formula is C55H42O. The largest absolute Gasteiger partial charge is 0.455 e. The maximum atomic E-state index is 6.71. The van der Waals surface area contributed by atoms with E-state index in [1.54, 1.807) is 11.1 Å². The van der Waals surface area contributed by atoms with Crippen molar-refractivity contribution in [3.05, 3.63) is 169 Å². The Morgan fingerprint density at radius 3 is 1.96 bits per heavy atom. The fraction of sp³-hybridized carbons (Fsp3) is 0.200. The molecule has 0 N–H and O–H groups in total. The van der Waals surface area contributed by atoms with Crippen LogP contribution in [0.2, 0.25) is 0 Å². The molecule has 8 aromatic carbocycles. The average molecular weight is 719 g/mol. The van der Waals surface area contributed by atoms with Gasteiger partial charge in [-0.3, -0.25) is 0 Å². The highest BCUT2D eigenvalue weighted by Gasteiger charge is 2.60. The van der Waals surface area contributed by atoms with Gasteiger partial charge in [-0.25, -0.2) is 0 Å². The van der Waals surface area contributed by atoms with Crippen LogP contribution < -0.4 is 0 Å². The van der Waals surface area contributed by atoms with Gasteiger partial charge < -0.3 is 4.42 Å². The Morgan fingerprint density at radius 1 is 0.411 bits per heavy atom. The van der Waals surface area contributed by atoms with Crippen LogP contribution >= 0.6 is 0 Å². The molecule has 5 atom stereocenters. The molecular weight excluding hydrogens is 677 g/mol. The normalized spacial score (nSPS) is 23.4. The fourth-order valence-electron chi connectivity index (χ4n) is 12.9. The van der Waals surface area contributed by atoms with Gasteiger partial charge in [-0.15, -0.1) is 0 Å². The molecule has 0 radical (unpaired) electrons. The first-order chi connectivity index (χ1) is 27.7. The van der Waals surface area contributed by atoms with Gasteiger partial charge in [0, 0.05) is 21.8 Å². The van der Waals surface area contributed by atoms with E-state index in [1.165, 1.54) is 115 Å². The van der Waals surface area contributed by atoms with E-state index >= 15 is 0 Å². The van der Waals surface area contributed by atoms with Crippen LogP contribution in [-0.4, -0.2) is 0 Å². The Balaban J connectivity index is 1.07. The first-order valence-corrected chi connectivity index (χ1v) is 20.9. The van der Waals surface area contributed by atoms with Crippen LogP contribution in [-0.2, 0) is 5.41 Å². The summed E-state index contributed by atoms with van der Waals surface area (Å²) in [6, 6.07) is 59.6. The summed E-state index contributed by atoms with van der Waals surface area (Å²) in [5.41, 5.74) is 15.8. The van der Waals surface area contributed by atoms with Crippen LogP contribution in [0.1, 0.15) is 49.7 Å². The molecule has 1 nitrogen and oxygen atoms in total. The molecule has 1 spiro atoms. The Hall–Kier alpha value is -5.92. The molecule has 0 amide bonds. The Labute approximate surface area is 327 Å². The summed E-state index contributed by atoms with van der Waals surface area (Å²) in [6.07, 6.45) is 8.30. The van der Waals surface area contributed by atoms with E-state index in [1.807, 2.05) is 0 Å². The lowest BCUT2D eigenvalue weighted by Gasteiger charge is -2.53. The van der Waals surface area contributed by atoms with Gasteiger partial charge in [-0.05, 0) is 152 Å². The van der Waals surface area contributed by atoms with Crippen molar-refractivity contribution >= 4 is 43.5 Å². The average Bonchev–Trinajstić information content (AvgIpc) is 3.70. The molecule has 1 heterocycles. The van der Waals surface area contributed by atoms with Crippen molar-refractivity contribution in [2.45, 2.75) is 43.9 Å². The van der Waals surface area contributed by atoms with Gasteiger partial charge in [0.05, 0.1) is 0 Å². The summed E-state index contributed by atoms with van der Waals surface area (Å²) < 4.78 is 6.71. The van der Waals surface area contributed by atoms with Gasteiger partial charge in [-0.2, -0.15) is 0 Å². The summed E-state index contributed by atoms with van der Waals surface area (Å²) in [5, 5.41) is 7.57. The standard InChI is InChI=1S/C55H42O/c1-2-11-41-37(10-1)30-48(44-13-4-3-12-43(41)44)35-21-23-36(24-22-35)49-31-38(42-16-9-17-47-46-15-6-8-19-52(46)56-54(42)47)32-50-45-14-5-7-18-51(45)55(53(49)50)39-25-20-33-26-34(28-39)29-40(55)27-33/h1-19,21-24,30-34,39-40H,20,25-29H2. The highest BCUT2D eigenvalue weighted by molar-refractivity contribution is 6.14. The highest BCUT2D eigenvalue weighted by Crippen LogP contribution is 2.69. The topological polar surface area (TPSA) is 13.1 Å². The minimum Gasteiger partial charge on any atom is -0.455 e. The van der Waals surface area contributed by atoms with Crippen LogP contribution in [0.3, 0.4) is 0 Å². The minimum atomic E-state index is 0.0457. The number of para-hydroxylation sites is 2. The lowest BCUT2D eigenvalue weighted by molar-refractivity contribution is 0.0621. The third-order valence-corrected chi connectivity index (χ3v) is 14.9. The molecule has 268 valence electrons. The third kappa shape index (κ3) is 4.21. The maximum Gasteiger partial charge on any atom is 0.143 e. The van der Waals surface area contributed by atoms with E-state index in [4.69, 9.17) is 4.42 Å². The second-order valence-corrected chi connectivity index (χ2v) is 17.6. The Bertz CT molecular complexity index is 3060. The van der Waals surface area contributed by atoms with Crippen molar-refractivity contribution in [1.82, 2.24) is 0 Å². The SMILES string of the molecule is c1ccc2c(c1)-c1cc(-c3cccc4c3oc3ccccc34)cc(-c3ccc(-c4cc5ccccc5c5ccccc45)cc3)c1C21C2CCC3CC(C2)CC1C3. The maximum absolute atomic E-state index is 6.71. The zero-order valence-electron chi connectivity index (χ0n) is 31.5. The van der Waals surface area contributed by atoms with Gasteiger partial charge in [0.25, 0.3) is 0 Å². The van der Waals surface area contributed by atoms with Crippen LogP contribution in [0.15, 0.2) is 162 Å². The minimum absolute atomic E-state index is 0.0457. The number of fused-ring (bicyclic) bond motifs is 10. The van der Waals surface area contributed by atoms with E-state index in [2.05, 4.69) is 158 Å². The van der Waals surface area contributed by atoms with Gasteiger partial charge in [-0.1, -0.05) is 140 Å². The molecule has 5 unspecified atom stereocenters. The van der Waals surface area contributed by atoms with Crippen LogP contribution in [0.25, 0.3) is 88.0 Å². The van der Waals surface area contributed by atoms with Crippen molar-refractivity contribution in [1.29, 1.82) is 0 Å². The van der Waals surface area contributed by atoms with Crippen molar-refractivity contribution in [3.8, 4) is 44.5 Å². The van der Waals surface area contributed by atoms with E-state index in [9.17, 15) is 0 Å². The van der Waals surface area contributed by atoms with Crippen molar-refractivity contribution in [3.63, 3.8) is 0 Å².